The van der Waals surface area contributed by atoms with Crippen molar-refractivity contribution in [3.05, 3.63) is 85.1 Å². The lowest BCUT2D eigenvalue weighted by Gasteiger charge is -2.19. The highest BCUT2D eigenvalue weighted by Crippen LogP contribution is 2.43. The topological polar surface area (TPSA) is 134 Å². The smallest absolute Gasteiger partial charge is 0.462 e. The molecular formula is C47H80NO8P. The minimum Gasteiger partial charge on any atom is -0.462 e. The van der Waals surface area contributed by atoms with Crippen LogP contribution in [0.4, 0.5) is 0 Å². The predicted molar refractivity (Wildman–Crippen MR) is 238 cm³/mol. The van der Waals surface area contributed by atoms with Crippen molar-refractivity contribution in [2.24, 2.45) is 5.73 Å². The lowest BCUT2D eigenvalue weighted by atomic mass is 10.0. The Balaban J connectivity index is 4.27. The Morgan fingerprint density at radius 3 is 1.42 bits per heavy atom. The molecule has 0 aliphatic heterocycles. The van der Waals surface area contributed by atoms with E-state index >= 15 is 0 Å². The third-order valence-corrected chi connectivity index (χ3v) is 9.78. The fraction of sp³-hybridized carbons (Fsp3) is 0.660. The van der Waals surface area contributed by atoms with Crippen molar-refractivity contribution in [1.29, 1.82) is 0 Å². The highest BCUT2D eigenvalue weighted by Gasteiger charge is 2.25. The zero-order valence-corrected chi connectivity index (χ0v) is 36.7. The monoisotopic (exact) mass is 818 g/mol. The summed E-state index contributed by atoms with van der Waals surface area (Å²) in [5.41, 5.74) is 5.34. The second-order valence-corrected chi connectivity index (χ2v) is 15.6. The Morgan fingerprint density at radius 2 is 0.965 bits per heavy atom. The van der Waals surface area contributed by atoms with Crippen LogP contribution in [-0.2, 0) is 32.7 Å². The van der Waals surface area contributed by atoms with E-state index in [2.05, 4.69) is 92.8 Å². The van der Waals surface area contributed by atoms with Gasteiger partial charge in [-0.25, -0.2) is 4.57 Å². The summed E-state index contributed by atoms with van der Waals surface area (Å²) in [5, 5.41) is 0. The molecule has 0 amide bonds. The van der Waals surface area contributed by atoms with Crippen molar-refractivity contribution in [2.75, 3.05) is 26.4 Å². The number of carbonyl (C=O) groups excluding carboxylic acids is 2. The molecule has 3 N–H and O–H groups in total. The van der Waals surface area contributed by atoms with Crippen LogP contribution < -0.4 is 5.73 Å². The Kier molecular flexibility index (Phi) is 40.7. The van der Waals surface area contributed by atoms with Crippen LogP contribution in [0.15, 0.2) is 85.1 Å². The van der Waals surface area contributed by atoms with Crippen molar-refractivity contribution >= 4 is 19.8 Å². The fourth-order valence-corrected chi connectivity index (χ4v) is 6.33. The Labute approximate surface area is 347 Å². The number of hydrogen-bond donors (Lipinski definition) is 2. The number of unbranched alkanes of at least 4 members (excludes halogenated alkanes) is 13. The van der Waals surface area contributed by atoms with E-state index in [1.807, 2.05) is 6.08 Å². The number of phosphoric acid groups is 1. The molecule has 0 radical (unpaired) electrons. The number of nitrogens with two attached hydrogens (primary N) is 1. The average Bonchev–Trinajstić information content (AvgIpc) is 3.20. The zero-order chi connectivity index (χ0) is 41.8. The number of ether oxygens (including phenoxy) is 2. The molecule has 326 valence electrons. The quantitative estimate of drug-likeness (QED) is 0.0268. The van der Waals surface area contributed by atoms with Crippen LogP contribution >= 0.6 is 7.82 Å². The van der Waals surface area contributed by atoms with Gasteiger partial charge in [0.2, 0.25) is 0 Å². The number of carbonyl (C=O) groups is 2. The largest absolute Gasteiger partial charge is 0.472 e. The molecular weight excluding hydrogens is 737 g/mol. The van der Waals surface area contributed by atoms with Crippen LogP contribution in [0.25, 0.3) is 0 Å². The van der Waals surface area contributed by atoms with Crippen molar-refractivity contribution in [1.82, 2.24) is 0 Å². The third-order valence-electron chi connectivity index (χ3n) is 8.80. The summed E-state index contributed by atoms with van der Waals surface area (Å²) in [7, 11) is -4.40. The van der Waals surface area contributed by atoms with Crippen LogP contribution in [0.2, 0.25) is 0 Å². The van der Waals surface area contributed by atoms with Crippen LogP contribution in [0, 0.1) is 0 Å². The summed E-state index contributed by atoms with van der Waals surface area (Å²) in [6.07, 6.45) is 53.4. The van der Waals surface area contributed by atoms with Crippen molar-refractivity contribution < 1.29 is 37.6 Å². The van der Waals surface area contributed by atoms with E-state index in [-0.39, 0.29) is 32.6 Å². The van der Waals surface area contributed by atoms with Gasteiger partial charge in [0, 0.05) is 19.4 Å². The van der Waals surface area contributed by atoms with Crippen LogP contribution in [-0.4, -0.2) is 49.3 Å². The minimum absolute atomic E-state index is 0.0406. The SMILES string of the molecule is CC/C=C\C/C=C\C/C=C\C/C=C\C/C=C\C/C=C\C/C=C\CCCC(=O)OC(COC(=O)CCCCCCCCCCCCCCC)COP(=O)(O)OCCN. The van der Waals surface area contributed by atoms with E-state index in [0.717, 1.165) is 64.2 Å². The number of esters is 2. The van der Waals surface area contributed by atoms with Crippen LogP contribution in [0.1, 0.15) is 168 Å². The van der Waals surface area contributed by atoms with Gasteiger partial charge in [-0.05, 0) is 64.2 Å². The summed E-state index contributed by atoms with van der Waals surface area (Å²) in [5.74, 6) is -0.903. The number of allylic oxidation sites excluding steroid dienone is 14. The molecule has 0 bridgehead atoms. The van der Waals surface area contributed by atoms with Crippen molar-refractivity contribution in [2.45, 2.75) is 174 Å². The van der Waals surface area contributed by atoms with Gasteiger partial charge in [-0.15, -0.1) is 0 Å². The number of phosphoric ester groups is 1. The molecule has 9 nitrogen and oxygen atoms in total. The molecule has 0 aromatic rings. The van der Waals surface area contributed by atoms with Crippen molar-refractivity contribution in [3.63, 3.8) is 0 Å². The van der Waals surface area contributed by atoms with Crippen LogP contribution in [0.5, 0.6) is 0 Å². The molecule has 2 atom stereocenters. The van der Waals surface area contributed by atoms with Crippen LogP contribution in [0.3, 0.4) is 0 Å². The maximum absolute atomic E-state index is 12.6. The first-order valence-electron chi connectivity index (χ1n) is 22.1. The first-order valence-corrected chi connectivity index (χ1v) is 23.6. The van der Waals surface area contributed by atoms with E-state index < -0.39 is 32.5 Å². The third kappa shape index (κ3) is 42.6. The second kappa shape index (κ2) is 42.8. The maximum Gasteiger partial charge on any atom is 0.472 e. The van der Waals surface area contributed by atoms with E-state index in [1.54, 1.807) is 0 Å². The minimum atomic E-state index is -4.40. The molecule has 0 spiro atoms. The maximum atomic E-state index is 12.6. The van der Waals surface area contributed by atoms with E-state index in [9.17, 15) is 19.0 Å². The second-order valence-electron chi connectivity index (χ2n) is 14.2. The van der Waals surface area contributed by atoms with E-state index in [0.29, 0.717) is 12.8 Å². The van der Waals surface area contributed by atoms with Gasteiger partial charge in [0.05, 0.1) is 13.2 Å². The van der Waals surface area contributed by atoms with Gasteiger partial charge in [0.15, 0.2) is 6.10 Å². The molecule has 0 heterocycles. The normalized spacial score (nSPS) is 14.1. The highest BCUT2D eigenvalue weighted by molar-refractivity contribution is 7.47. The Hall–Kier alpha value is -2.81. The zero-order valence-electron chi connectivity index (χ0n) is 35.8. The van der Waals surface area contributed by atoms with Gasteiger partial charge in [-0.1, -0.05) is 176 Å². The van der Waals surface area contributed by atoms with Gasteiger partial charge in [-0.3, -0.25) is 18.6 Å². The first kappa shape index (κ1) is 54.2. The standard InChI is InChI=1S/C47H80NO8P/c1-3-5-7-9-11-13-15-17-18-19-20-21-22-23-24-25-26-28-30-32-34-36-38-40-47(50)56-45(44-55-57(51,52)54-42-41-48)43-53-46(49)39-37-35-33-31-29-27-16-14-12-10-8-6-4-2/h5,7,11,13,17-18,20-21,23-24,26,28,32,34,45H,3-4,6,8-10,12,14-16,19,22,25,27,29-31,33,35-44,48H2,1-2H3,(H,51,52)/b7-5-,13-11-,18-17-,21-20-,24-23-,28-26-,34-32-. The Bertz CT molecular complexity index is 1210. The summed E-state index contributed by atoms with van der Waals surface area (Å²) in [6.45, 7) is 3.54. The highest BCUT2D eigenvalue weighted by atomic mass is 31.2. The molecule has 0 aromatic carbocycles. The Morgan fingerprint density at radius 1 is 0.544 bits per heavy atom. The first-order chi connectivity index (χ1) is 27.8. The van der Waals surface area contributed by atoms with Gasteiger partial charge in [0.25, 0.3) is 0 Å². The number of hydrogen-bond acceptors (Lipinski definition) is 8. The van der Waals surface area contributed by atoms with E-state index in [4.69, 9.17) is 24.3 Å². The van der Waals surface area contributed by atoms with Crippen molar-refractivity contribution in [3.8, 4) is 0 Å². The molecule has 0 saturated carbocycles. The molecule has 2 unspecified atom stereocenters. The molecule has 0 fully saturated rings. The summed E-state index contributed by atoms with van der Waals surface area (Å²) in [4.78, 5) is 34.8. The molecule has 0 saturated heterocycles. The molecule has 57 heavy (non-hydrogen) atoms. The van der Waals surface area contributed by atoms with Gasteiger partial charge < -0.3 is 20.1 Å². The molecule has 0 aromatic heterocycles. The van der Waals surface area contributed by atoms with Gasteiger partial charge >= 0.3 is 19.8 Å². The summed E-state index contributed by atoms with van der Waals surface area (Å²) < 4.78 is 32.7. The summed E-state index contributed by atoms with van der Waals surface area (Å²) >= 11 is 0. The predicted octanol–water partition coefficient (Wildman–Crippen LogP) is 12.8. The molecule has 10 heteroatoms. The summed E-state index contributed by atoms with van der Waals surface area (Å²) in [6, 6.07) is 0. The van der Waals surface area contributed by atoms with Gasteiger partial charge in [0.1, 0.15) is 6.61 Å². The fourth-order valence-electron chi connectivity index (χ4n) is 5.56. The lowest BCUT2D eigenvalue weighted by molar-refractivity contribution is -0.161. The lowest BCUT2D eigenvalue weighted by Crippen LogP contribution is -2.29. The number of rotatable bonds is 40. The van der Waals surface area contributed by atoms with Gasteiger partial charge in [-0.2, -0.15) is 0 Å². The van der Waals surface area contributed by atoms with E-state index in [1.165, 1.54) is 64.2 Å². The average molecular weight is 818 g/mol. The molecule has 0 aliphatic carbocycles. The molecule has 0 aliphatic rings. The molecule has 0 rings (SSSR count).